The van der Waals surface area contributed by atoms with Gasteiger partial charge in [-0.2, -0.15) is 0 Å². The van der Waals surface area contributed by atoms with Crippen molar-refractivity contribution in [2.45, 2.75) is 32.2 Å². The van der Waals surface area contributed by atoms with E-state index in [1.165, 1.54) is 6.92 Å². The van der Waals surface area contributed by atoms with Crippen molar-refractivity contribution in [3.05, 3.63) is 16.6 Å². The van der Waals surface area contributed by atoms with E-state index in [0.717, 1.165) is 30.8 Å². The third kappa shape index (κ3) is 3.07. The zero-order chi connectivity index (χ0) is 13.0. The lowest BCUT2D eigenvalue weighted by Gasteiger charge is -2.34. The second-order valence-electron chi connectivity index (χ2n) is 4.38. The second kappa shape index (κ2) is 5.95. The molecule has 0 saturated carbocycles. The Morgan fingerprint density at radius 3 is 3.06 bits per heavy atom. The largest absolute Gasteiger partial charge is 0.347 e. The number of likely N-dealkylation sites (tertiary alicyclic amines) is 1. The molecule has 1 aliphatic heterocycles. The van der Waals surface area contributed by atoms with Gasteiger partial charge in [-0.1, -0.05) is 0 Å². The normalized spacial score (nSPS) is 19.6. The summed E-state index contributed by atoms with van der Waals surface area (Å²) in [4.78, 5) is 29.1. The summed E-state index contributed by atoms with van der Waals surface area (Å²) < 4.78 is 0. The fourth-order valence-electron chi connectivity index (χ4n) is 2.19. The van der Waals surface area contributed by atoms with Crippen molar-refractivity contribution < 1.29 is 9.59 Å². The van der Waals surface area contributed by atoms with Gasteiger partial charge in [-0.15, -0.1) is 11.3 Å². The van der Waals surface area contributed by atoms with Crippen molar-refractivity contribution in [1.29, 1.82) is 0 Å². The Balaban J connectivity index is 2.03. The van der Waals surface area contributed by atoms with Gasteiger partial charge in [0.1, 0.15) is 5.01 Å². The van der Waals surface area contributed by atoms with E-state index < -0.39 is 0 Å². The first-order chi connectivity index (χ1) is 8.68. The average molecular weight is 267 g/mol. The maximum absolute atomic E-state index is 12.1. The van der Waals surface area contributed by atoms with Crippen molar-refractivity contribution in [3.8, 4) is 0 Å². The number of nitrogens with one attached hydrogen (secondary N) is 1. The minimum absolute atomic E-state index is 0.0231. The Bertz CT molecular complexity index is 419. The molecule has 1 saturated heterocycles. The lowest BCUT2D eigenvalue weighted by atomic mass is 10.0. The number of nitrogens with zero attached hydrogens (tertiary/aromatic N) is 2. The summed E-state index contributed by atoms with van der Waals surface area (Å²) in [5, 5.41) is 5.48. The predicted molar refractivity (Wildman–Crippen MR) is 69.1 cm³/mol. The molecule has 2 rings (SSSR count). The van der Waals surface area contributed by atoms with Crippen LogP contribution in [-0.4, -0.2) is 34.8 Å². The summed E-state index contributed by atoms with van der Waals surface area (Å²) in [6.45, 7) is 2.25. The van der Waals surface area contributed by atoms with Gasteiger partial charge in [-0.3, -0.25) is 9.59 Å². The van der Waals surface area contributed by atoms with E-state index in [1.54, 1.807) is 17.5 Å². The molecule has 98 valence electrons. The smallest absolute Gasteiger partial charge is 0.242 e. The van der Waals surface area contributed by atoms with Crippen LogP contribution in [0.4, 0.5) is 0 Å². The maximum atomic E-state index is 12.1. The summed E-state index contributed by atoms with van der Waals surface area (Å²) in [6, 6.07) is 0.0833. The Morgan fingerprint density at radius 1 is 1.56 bits per heavy atom. The summed E-state index contributed by atoms with van der Waals surface area (Å²) in [6.07, 6.45) is 4.87. The number of hydrogen-bond donors (Lipinski definition) is 1. The first-order valence-electron chi connectivity index (χ1n) is 6.12. The second-order valence-corrected chi connectivity index (χ2v) is 5.30. The number of carbonyl (C=O) groups excluding carboxylic acids is 2. The van der Waals surface area contributed by atoms with Gasteiger partial charge >= 0.3 is 0 Å². The summed E-state index contributed by atoms with van der Waals surface area (Å²) in [5.74, 6) is -0.198. The molecule has 1 N–H and O–H groups in total. The third-order valence-corrected chi connectivity index (χ3v) is 3.92. The van der Waals surface area contributed by atoms with Gasteiger partial charge in [0.25, 0.3) is 0 Å². The first-order valence-corrected chi connectivity index (χ1v) is 6.99. The molecule has 0 aliphatic carbocycles. The van der Waals surface area contributed by atoms with Crippen LogP contribution < -0.4 is 5.32 Å². The van der Waals surface area contributed by atoms with Crippen molar-refractivity contribution >= 4 is 23.2 Å². The molecule has 2 heterocycles. The number of amides is 2. The fraction of sp³-hybridized carbons (Fsp3) is 0.583. The van der Waals surface area contributed by atoms with Gasteiger partial charge < -0.3 is 10.2 Å². The van der Waals surface area contributed by atoms with Gasteiger partial charge in [-0.05, 0) is 19.3 Å². The van der Waals surface area contributed by atoms with Gasteiger partial charge in [0.05, 0.1) is 12.6 Å². The van der Waals surface area contributed by atoms with Gasteiger partial charge in [0, 0.05) is 25.0 Å². The van der Waals surface area contributed by atoms with Gasteiger partial charge in [0.15, 0.2) is 0 Å². The van der Waals surface area contributed by atoms with Crippen LogP contribution in [0.5, 0.6) is 0 Å². The van der Waals surface area contributed by atoms with Crippen molar-refractivity contribution in [3.63, 3.8) is 0 Å². The van der Waals surface area contributed by atoms with Crippen LogP contribution in [0.3, 0.4) is 0 Å². The summed E-state index contributed by atoms with van der Waals surface area (Å²) >= 11 is 1.58. The number of rotatable bonds is 3. The Hall–Kier alpha value is -1.43. The molecule has 6 heteroatoms. The van der Waals surface area contributed by atoms with Crippen molar-refractivity contribution in [2.75, 3.05) is 13.1 Å². The Labute approximate surface area is 110 Å². The van der Waals surface area contributed by atoms with E-state index in [-0.39, 0.29) is 24.4 Å². The molecule has 0 spiro atoms. The third-order valence-electron chi connectivity index (χ3n) is 3.05. The standard InChI is InChI=1S/C12H17N3O2S/c1-9(16)14-8-11(17)15-6-3-2-4-10(15)12-13-5-7-18-12/h5,7,10H,2-4,6,8H2,1H3,(H,14,16). The highest BCUT2D eigenvalue weighted by Gasteiger charge is 2.29. The van der Waals surface area contributed by atoms with E-state index in [0.29, 0.717) is 0 Å². The molecule has 18 heavy (non-hydrogen) atoms. The molecule has 0 radical (unpaired) electrons. The summed E-state index contributed by atoms with van der Waals surface area (Å²) in [5.41, 5.74) is 0. The highest BCUT2D eigenvalue weighted by molar-refractivity contribution is 7.09. The predicted octanol–water partition coefficient (Wildman–Crippen LogP) is 1.33. The number of thiazole rings is 1. The number of hydrogen-bond acceptors (Lipinski definition) is 4. The number of piperidine rings is 1. The Morgan fingerprint density at radius 2 is 2.39 bits per heavy atom. The zero-order valence-corrected chi connectivity index (χ0v) is 11.2. The summed E-state index contributed by atoms with van der Waals surface area (Å²) in [7, 11) is 0. The molecule has 1 aromatic rings. The zero-order valence-electron chi connectivity index (χ0n) is 10.4. The van der Waals surface area contributed by atoms with Crippen molar-refractivity contribution in [1.82, 2.24) is 15.2 Å². The van der Waals surface area contributed by atoms with Crippen LogP contribution in [0.1, 0.15) is 37.2 Å². The SMILES string of the molecule is CC(=O)NCC(=O)N1CCCCC1c1nccs1. The quantitative estimate of drug-likeness (QED) is 0.898. The first kappa shape index (κ1) is 13.0. The van der Waals surface area contributed by atoms with Crippen molar-refractivity contribution in [2.24, 2.45) is 0 Å². The molecule has 1 unspecified atom stereocenters. The maximum Gasteiger partial charge on any atom is 0.242 e. The van der Waals surface area contributed by atoms with E-state index in [2.05, 4.69) is 10.3 Å². The van der Waals surface area contributed by atoms with E-state index in [1.807, 2.05) is 10.3 Å². The molecule has 5 nitrogen and oxygen atoms in total. The van der Waals surface area contributed by atoms with E-state index in [9.17, 15) is 9.59 Å². The molecule has 0 aromatic carbocycles. The highest BCUT2D eigenvalue weighted by Crippen LogP contribution is 2.31. The van der Waals surface area contributed by atoms with Crippen LogP contribution in [0.2, 0.25) is 0 Å². The van der Waals surface area contributed by atoms with Gasteiger partial charge in [-0.25, -0.2) is 4.98 Å². The van der Waals surface area contributed by atoms with Crippen LogP contribution in [-0.2, 0) is 9.59 Å². The molecular weight excluding hydrogens is 250 g/mol. The molecule has 0 bridgehead atoms. The fourth-order valence-corrected chi connectivity index (χ4v) is 2.97. The molecular formula is C12H17N3O2S. The Kier molecular flexibility index (Phi) is 4.30. The lowest BCUT2D eigenvalue weighted by Crippen LogP contribution is -2.43. The van der Waals surface area contributed by atoms with E-state index in [4.69, 9.17) is 0 Å². The lowest BCUT2D eigenvalue weighted by molar-refractivity contribution is -0.135. The van der Waals surface area contributed by atoms with E-state index >= 15 is 0 Å². The van der Waals surface area contributed by atoms with Crippen LogP contribution in [0.15, 0.2) is 11.6 Å². The highest BCUT2D eigenvalue weighted by atomic mass is 32.1. The number of aromatic nitrogens is 1. The van der Waals surface area contributed by atoms with Crippen LogP contribution in [0.25, 0.3) is 0 Å². The average Bonchev–Trinajstić information content (AvgIpc) is 2.89. The minimum atomic E-state index is -0.175. The topological polar surface area (TPSA) is 62.3 Å². The number of carbonyl (C=O) groups is 2. The minimum Gasteiger partial charge on any atom is -0.347 e. The van der Waals surface area contributed by atoms with Gasteiger partial charge in [0.2, 0.25) is 11.8 Å². The molecule has 1 atom stereocenters. The van der Waals surface area contributed by atoms with Crippen LogP contribution >= 0.6 is 11.3 Å². The molecule has 2 amide bonds. The monoisotopic (exact) mass is 267 g/mol. The molecule has 1 fully saturated rings. The molecule has 1 aromatic heterocycles. The molecule has 1 aliphatic rings. The van der Waals surface area contributed by atoms with Crippen LogP contribution in [0, 0.1) is 0 Å².